The quantitative estimate of drug-likeness (QED) is 0.785. The van der Waals surface area contributed by atoms with Gasteiger partial charge in [0.15, 0.2) is 18.1 Å². The van der Waals surface area contributed by atoms with Crippen molar-refractivity contribution < 1.29 is 32.2 Å². The van der Waals surface area contributed by atoms with Gasteiger partial charge in [-0.05, 0) is 40.2 Å². The van der Waals surface area contributed by atoms with Crippen LogP contribution in [0.2, 0.25) is 0 Å². The number of fused-ring (bicyclic) bond motifs is 1. The van der Waals surface area contributed by atoms with E-state index in [2.05, 4.69) is 21.2 Å². The van der Waals surface area contributed by atoms with Crippen LogP contribution in [0.25, 0.3) is 0 Å². The highest BCUT2D eigenvalue weighted by atomic mass is 79.9. The highest BCUT2D eigenvalue weighted by Gasteiger charge is 2.30. The molecule has 9 heteroatoms. The number of hydrogen-bond acceptors (Lipinski definition) is 4. The van der Waals surface area contributed by atoms with Crippen molar-refractivity contribution in [3.8, 4) is 17.2 Å². The van der Waals surface area contributed by atoms with Gasteiger partial charge >= 0.3 is 6.18 Å². The molecule has 1 aliphatic rings. The number of anilines is 1. The van der Waals surface area contributed by atoms with Crippen molar-refractivity contribution in [3.05, 3.63) is 46.4 Å². The molecule has 0 saturated carbocycles. The Hall–Kier alpha value is -2.42. The molecule has 0 bridgehead atoms. The molecule has 1 heterocycles. The number of carbonyl (C=O) groups excluding carboxylic acids is 1. The number of hydrogen-bond donors (Lipinski definition) is 1. The zero-order chi connectivity index (χ0) is 18.7. The zero-order valence-corrected chi connectivity index (χ0v) is 14.8. The van der Waals surface area contributed by atoms with Gasteiger partial charge in [-0.25, -0.2) is 0 Å². The number of halogens is 4. The van der Waals surface area contributed by atoms with Crippen LogP contribution in [0.5, 0.6) is 17.2 Å². The molecule has 0 atom stereocenters. The molecule has 2 aromatic carbocycles. The van der Waals surface area contributed by atoms with Crippen molar-refractivity contribution in [2.45, 2.75) is 6.18 Å². The predicted octanol–water partition coefficient (Wildman–Crippen LogP) is 4.26. The van der Waals surface area contributed by atoms with Crippen molar-refractivity contribution in [1.29, 1.82) is 0 Å². The summed E-state index contributed by atoms with van der Waals surface area (Å²) in [7, 11) is 0. The molecule has 0 aliphatic carbocycles. The van der Waals surface area contributed by atoms with Crippen LogP contribution in [0, 0.1) is 0 Å². The fourth-order valence-electron chi connectivity index (χ4n) is 2.24. The largest absolute Gasteiger partial charge is 0.486 e. The third kappa shape index (κ3) is 4.40. The number of carbonyl (C=O) groups is 1. The molecular weight excluding hydrogens is 419 g/mol. The smallest absolute Gasteiger partial charge is 0.416 e. The van der Waals surface area contributed by atoms with E-state index in [-0.39, 0.29) is 12.4 Å². The maximum Gasteiger partial charge on any atom is 0.416 e. The lowest BCUT2D eigenvalue weighted by atomic mass is 10.2. The lowest BCUT2D eigenvalue weighted by molar-refractivity contribution is -0.137. The minimum absolute atomic E-state index is 0.161. The standard InChI is InChI=1S/C17H13BrF3NO4/c18-12-7-14-15(25-6-5-24-14)8-13(12)22-16(23)9-26-11-3-1-10(2-4-11)17(19,20)21/h1-4,7-8H,5-6,9H2,(H,22,23). The van der Waals surface area contributed by atoms with Crippen LogP contribution in [0.4, 0.5) is 18.9 Å². The number of ether oxygens (including phenoxy) is 3. The van der Waals surface area contributed by atoms with Crippen LogP contribution >= 0.6 is 15.9 Å². The van der Waals surface area contributed by atoms with Gasteiger partial charge in [-0.15, -0.1) is 0 Å². The van der Waals surface area contributed by atoms with Crippen LogP contribution in [0.1, 0.15) is 5.56 Å². The number of alkyl halides is 3. The van der Waals surface area contributed by atoms with Crippen LogP contribution in [-0.2, 0) is 11.0 Å². The minimum atomic E-state index is -4.42. The van der Waals surface area contributed by atoms with Crippen molar-refractivity contribution >= 4 is 27.5 Å². The molecule has 2 aromatic rings. The van der Waals surface area contributed by atoms with Gasteiger partial charge in [0.1, 0.15) is 19.0 Å². The van der Waals surface area contributed by atoms with Gasteiger partial charge in [-0.3, -0.25) is 4.79 Å². The van der Waals surface area contributed by atoms with Gasteiger partial charge in [0.25, 0.3) is 5.91 Å². The first-order valence-corrected chi connectivity index (χ1v) is 8.31. The molecule has 1 amide bonds. The Labute approximate surface area is 155 Å². The number of amides is 1. The molecule has 0 aromatic heterocycles. The van der Waals surface area contributed by atoms with Crippen LogP contribution in [0.15, 0.2) is 40.9 Å². The van der Waals surface area contributed by atoms with E-state index in [1.54, 1.807) is 12.1 Å². The summed E-state index contributed by atoms with van der Waals surface area (Å²) in [6.07, 6.45) is -4.42. The second-order valence-corrected chi connectivity index (χ2v) is 6.19. The fourth-order valence-corrected chi connectivity index (χ4v) is 2.66. The monoisotopic (exact) mass is 431 g/mol. The van der Waals surface area contributed by atoms with E-state index in [1.165, 1.54) is 0 Å². The first-order valence-electron chi connectivity index (χ1n) is 7.52. The van der Waals surface area contributed by atoms with E-state index in [4.69, 9.17) is 14.2 Å². The maximum atomic E-state index is 12.5. The molecule has 0 saturated heterocycles. The van der Waals surface area contributed by atoms with Gasteiger partial charge in [0.05, 0.1) is 11.3 Å². The Balaban J connectivity index is 1.59. The fraction of sp³-hybridized carbons (Fsp3) is 0.235. The average Bonchev–Trinajstić information content (AvgIpc) is 2.60. The molecule has 26 heavy (non-hydrogen) atoms. The van der Waals surface area contributed by atoms with E-state index in [1.807, 2.05) is 0 Å². The summed E-state index contributed by atoms with van der Waals surface area (Å²) in [5.74, 6) is 0.775. The van der Waals surface area contributed by atoms with Gasteiger partial charge < -0.3 is 19.5 Å². The van der Waals surface area contributed by atoms with Crippen LogP contribution < -0.4 is 19.5 Å². The van der Waals surface area contributed by atoms with E-state index >= 15 is 0 Å². The lowest BCUT2D eigenvalue weighted by Crippen LogP contribution is -2.21. The van der Waals surface area contributed by atoms with Gasteiger partial charge in [-0.1, -0.05) is 0 Å². The number of benzene rings is 2. The highest BCUT2D eigenvalue weighted by molar-refractivity contribution is 9.10. The molecule has 1 aliphatic heterocycles. The summed E-state index contributed by atoms with van der Waals surface area (Å²) in [5.41, 5.74) is -0.315. The third-order valence-corrected chi connectivity index (χ3v) is 4.11. The molecule has 0 spiro atoms. The Morgan fingerprint density at radius 1 is 1.12 bits per heavy atom. The molecule has 0 radical (unpaired) electrons. The Morgan fingerprint density at radius 3 is 2.35 bits per heavy atom. The van der Waals surface area contributed by atoms with Gasteiger partial charge in [0.2, 0.25) is 0 Å². The second kappa shape index (κ2) is 7.45. The summed E-state index contributed by atoms with van der Waals surface area (Å²) in [5, 5.41) is 2.64. The summed E-state index contributed by atoms with van der Waals surface area (Å²) in [4.78, 5) is 12.0. The molecular formula is C17H13BrF3NO4. The van der Waals surface area contributed by atoms with Crippen LogP contribution in [0.3, 0.4) is 0 Å². The Bertz CT molecular complexity index is 809. The highest BCUT2D eigenvalue weighted by Crippen LogP contribution is 2.38. The average molecular weight is 432 g/mol. The summed E-state index contributed by atoms with van der Waals surface area (Å²) in [6.45, 7) is 0.511. The van der Waals surface area contributed by atoms with Gasteiger partial charge in [0, 0.05) is 16.6 Å². The van der Waals surface area contributed by atoms with Crippen molar-refractivity contribution in [1.82, 2.24) is 0 Å². The lowest BCUT2D eigenvalue weighted by Gasteiger charge is -2.20. The van der Waals surface area contributed by atoms with Crippen LogP contribution in [-0.4, -0.2) is 25.7 Å². The predicted molar refractivity (Wildman–Crippen MR) is 90.7 cm³/mol. The topological polar surface area (TPSA) is 56.8 Å². The minimum Gasteiger partial charge on any atom is -0.486 e. The zero-order valence-electron chi connectivity index (χ0n) is 13.2. The van der Waals surface area contributed by atoms with Crippen molar-refractivity contribution in [2.75, 3.05) is 25.1 Å². The SMILES string of the molecule is O=C(COc1ccc(C(F)(F)F)cc1)Nc1cc2c(cc1Br)OCCO2. The van der Waals surface area contributed by atoms with Gasteiger partial charge in [-0.2, -0.15) is 13.2 Å². The molecule has 138 valence electrons. The van der Waals surface area contributed by atoms with E-state index in [0.29, 0.717) is 34.9 Å². The molecule has 0 fully saturated rings. The molecule has 1 N–H and O–H groups in total. The second-order valence-electron chi connectivity index (χ2n) is 5.33. The maximum absolute atomic E-state index is 12.5. The van der Waals surface area contributed by atoms with Crippen molar-refractivity contribution in [2.24, 2.45) is 0 Å². The molecule has 5 nitrogen and oxygen atoms in total. The first kappa shape index (κ1) is 18.4. The van der Waals surface area contributed by atoms with E-state index < -0.39 is 17.6 Å². The number of nitrogens with one attached hydrogen (secondary N) is 1. The first-order chi connectivity index (χ1) is 12.3. The summed E-state index contributed by atoms with van der Waals surface area (Å²) >= 11 is 3.33. The van der Waals surface area contributed by atoms with Crippen molar-refractivity contribution in [3.63, 3.8) is 0 Å². The van der Waals surface area contributed by atoms with E-state index in [9.17, 15) is 18.0 Å². The molecule has 3 rings (SSSR count). The van der Waals surface area contributed by atoms with E-state index in [0.717, 1.165) is 24.3 Å². The Morgan fingerprint density at radius 2 is 1.73 bits per heavy atom. The summed E-state index contributed by atoms with van der Waals surface area (Å²) < 4.78 is 54.2. The summed E-state index contributed by atoms with van der Waals surface area (Å²) in [6, 6.07) is 7.41. The number of rotatable bonds is 4. The third-order valence-electron chi connectivity index (χ3n) is 3.46. The Kier molecular flexibility index (Phi) is 5.26. The molecule has 0 unspecified atom stereocenters. The normalized spacial score (nSPS) is 13.2.